The molecule has 0 fully saturated rings. The van der Waals surface area contributed by atoms with E-state index >= 15 is 0 Å². The maximum absolute atomic E-state index is 10.1. The third-order valence-corrected chi connectivity index (χ3v) is 4.25. The number of ether oxygens (including phenoxy) is 1. The number of halogens is 1. The Morgan fingerprint density at radius 2 is 1.95 bits per heavy atom. The lowest BCUT2D eigenvalue weighted by molar-refractivity contribution is 0.152. The summed E-state index contributed by atoms with van der Waals surface area (Å²) < 4.78 is 5.33. The highest BCUT2D eigenvalue weighted by Gasteiger charge is 2.28. The first kappa shape index (κ1) is 13.5. The van der Waals surface area contributed by atoms with Gasteiger partial charge in [-0.3, -0.25) is 0 Å². The van der Waals surface area contributed by atoms with Crippen LogP contribution in [0.4, 0.5) is 0 Å². The van der Waals surface area contributed by atoms with Crippen LogP contribution in [0.25, 0.3) is 0 Å². The van der Waals surface area contributed by atoms with Gasteiger partial charge < -0.3 is 9.84 Å². The molecule has 2 aromatic rings. The predicted octanol–water partition coefficient (Wildman–Crippen LogP) is 3.79. The van der Waals surface area contributed by atoms with Gasteiger partial charge in [-0.1, -0.05) is 41.9 Å². The van der Waals surface area contributed by atoms with E-state index in [9.17, 15) is 5.11 Å². The summed E-state index contributed by atoms with van der Waals surface area (Å²) in [6, 6.07) is 14.2. The van der Waals surface area contributed by atoms with Crippen LogP contribution >= 0.6 is 11.6 Å². The van der Waals surface area contributed by atoms with Gasteiger partial charge in [0.05, 0.1) is 18.2 Å². The molecule has 3 heteroatoms. The Bertz CT molecular complexity index is 610. The molecule has 0 amide bonds. The Morgan fingerprint density at radius 1 is 1.20 bits per heavy atom. The molecule has 2 nitrogen and oxygen atoms in total. The fourth-order valence-corrected chi connectivity index (χ4v) is 3.27. The van der Waals surface area contributed by atoms with Crippen LogP contribution in [-0.2, 0) is 6.42 Å². The van der Waals surface area contributed by atoms with Gasteiger partial charge in [0.1, 0.15) is 5.75 Å². The van der Waals surface area contributed by atoms with Crippen LogP contribution in [0.1, 0.15) is 29.0 Å². The molecule has 0 radical (unpaired) electrons. The maximum atomic E-state index is 10.1. The SMILES string of the molecule is COc1cc2c(cc1Cl)C[C@H](O)C[C@@H]2c1ccccc1. The largest absolute Gasteiger partial charge is 0.495 e. The highest BCUT2D eigenvalue weighted by molar-refractivity contribution is 6.32. The molecule has 0 saturated carbocycles. The first-order chi connectivity index (χ1) is 9.69. The number of aliphatic hydroxyl groups is 1. The van der Waals surface area contributed by atoms with Crippen LogP contribution in [0, 0.1) is 0 Å². The lowest BCUT2D eigenvalue weighted by atomic mass is 9.77. The molecule has 3 rings (SSSR count). The van der Waals surface area contributed by atoms with Gasteiger partial charge in [-0.05, 0) is 41.7 Å². The number of fused-ring (bicyclic) bond motifs is 1. The fraction of sp³-hybridized carbons (Fsp3) is 0.294. The number of hydrogen-bond donors (Lipinski definition) is 1. The number of aliphatic hydroxyl groups excluding tert-OH is 1. The zero-order valence-electron chi connectivity index (χ0n) is 11.3. The van der Waals surface area contributed by atoms with Gasteiger partial charge in [0.25, 0.3) is 0 Å². The highest BCUT2D eigenvalue weighted by atomic mass is 35.5. The molecule has 2 aromatic carbocycles. The Labute approximate surface area is 124 Å². The molecule has 0 unspecified atom stereocenters. The molecule has 0 heterocycles. The molecule has 0 saturated heterocycles. The van der Waals surface area contributed by atoms with Crippen molar-refractivity contribution in [3.8, 4) is 5.75 Å². The summed E-state index contributed by atoms with van der Waals surface area (Å²) in [6.07, 6.45) is 1.07. The summed E-state index contributed by atoms with van der Waals surface area (Å²) >= 11 is 6.20. The van der Waals surface area contributed by atoms with E-state index in [1.54, 1.807) is 7.11 Å². The third-order valence-electron chi connectivity index (χ3n) is 3.95. The predicted molar refractivity (Wildman–Crippen MR) is 80.6 cm³/mol. The van der Waals surface area contributed by atoms with Crippen molar-refractivity contribution >= 4 is 11.6 Å². The van der Waals surface area contributed by atoms with Crippen LogP contribution < -0.4 is 4.74 Å². The smallest absolute Gasteiger partial charge is 0.137 e. The van der Waals surface area contributed by atoms with Crippen LogP contribution in [0.15, 0.2) is 42.5 Å². The Kier molecular flexibility index (Phi) is 3.68. The van der Waals surface area contributed by atoms with Gasteiger partial charge in [-0.25, -0.2) is 0 Å². The van der Waals surface area contributed by atoms with Crippen molar-refractivity contribution in [1.29, 1.82) is 0 Å². The average Bonchev–Trinajstić information content (AvgIpc) is 2.46. The number of methoxy groups -OCH3 is 1. The van der Waals surface area contributed by atoms with E-state index in [0.29, 0.717) is 17.2 Å². The normalized spacial score (nSPS) is 21.4. The highest BCUT2D eigenvalue weighted by Crippen LogP contribution is 2.41. The van der Waals surface area contributed by atoms with Crippen molar-refractivity contribution in [1.82, 2.24) is 0 Å². The van der Waals surface area contributed by atoms with Gasteiger partial charge in [0.2, 0.25) is 0 Å². The number of rotatable bonds is 2. The molecule has 0 bridgehead atoms. The van der Waals surface area contributed by atoms with Crippen molar-refractivity contribution in [3.63, 3.8) is 0 Å². The van der Waals surface area contributed by atoms with E-state index in [4.69, 9.17) is 16.3 Å². The summed E-state index contributed by atoms with van der Waals surface area (Å²) in [5, 5.41) is 10.7. The van der Waals surface area contributed by atoms with Crippen molar-refractivity contribution in [3.05, 3.63) is 64.2 Å². The van der Waals surface area contributed by atoms with E-state index in [2.05, 4.69) is 12.1 Å². The standard InChI is InChI=1S/C17H17ClO2/c1-20-17-10-15-12(8-16(17)18)7-13(19)9-14(15)11-5-3-2-4-6-11/h2-6,8,10,13-14,19H,7,9H2,1H3/t13-,14+/m0/s1. The first-order valence-corrected chi connectivity index (χ1v) is 7.16. The van der Waals surface area contributed by atoms with Gasteiger partial charge in [-0.15, -0.1) is 0 Å². The van der Waals surface area contributed by atoms with E-state index in [0.717, 1.165) is 12.0 Å². The van der Waals surface area contributed by atoms with Gasteiger partial charge >= 0.3 is 0 Å². The van der Waals surface area contributed by atoms with Crippen LogP contribution in [-0.4, -0.2) is 18.3 Å². The molecule has 1 aliphatic carbocycles. The monoisotopic (exact) mass is 288 g/mol. The van der Waals surface area contributed by atoms with E-state index in [1.165, 1.54) is 11.1 Å². The zero-order chi connectivity index (χ0) is 14.1. The van der Waals surface area contributed by atoms with Crippen LogP contribution in [0.3, 0.4) is 0 Å². The third kappa shape index (κ3) is 2.41. The summed E-state index contributed by atoms with van der Waals surface area (Å²) in [7, 11) is 1.63. The van der Waals surface area contributed by atoms with Gasteiger partial charge in [-0.2, -0.15) is 0 Å². The molecule has 1 aliphatic rings. The maximum Gasteiger partial charge on any atom is 0.137 e. The van der Waals surface area contributed by atoms with Gasteiger partial charge in [0, 0.05) is 5.92 Å². The summed E-state index contributed by atoms with van der Waals surface area (Å²) in [4.78, 5) is 0. The van der Waals surface area contributed by atoms with E-state index < -0.39 is 0 Å². The molecule has 1 N–H and O–H groups in total. The summed E-state index contributed by atoms with van der Waals surface area (Å²) in [5.41, 5.74) is 3.54. The van der Waals surface area contributed by atoms with E-state index in [1.807, 2.05) is 30.3 Å². The molecule has 0 aromatic heterocycles. The molecule has 104 valence electrons. The van der Waals surface area contributed by atoms with Crippen molar-refractivity contribution in [2.24, 2.45) is 0 Å². The minimum absolute atomic E-state index is 0.195. The molecular weight excluding hydrogens is 272 g/mol. The molecule has 0 spiro atoms. The number of hydrogen-bond acceptors (Lipinski definition) is 2. The Morgan fingerprint density at radius 3 is 2.65 bits per heavy atom. The molecule has 0 aliphatic heterocycles. The molecule has 20 heavy (non-hydrogen) atoms. The van der Waals surface area contributed by atoms with Crippen LogP contribution in [0.5, 0.6) is 5.75 Å². The average molecular weight is 289 g/mol. The minimum atomic E-state index is -0.322. The lowest BCUT2D eigenvalue weighted by Gasteiger charge is -2.30. The topological polar surface area (TPSA) is 29.5 Å². The Balaban J connectivity index is 2.11. The molecule has 2 atom stereocenters. The van der Waals surface area contributed by atoms with Gasteiger partial charge in [0.15, 0.2) is 0 Å². The second-order valence-electron chi connectivity index (χ2n) is 5.24. The number of benzene rings is 2. The minimum Gasteiger partial charge on any atom is -0.495 e. The van der Waals surface area contributed by atoms with Crippen LogP contribution in [0.2, 0.25) is 5.02 Å². The fourth-order valence-electron chi connectivity index (χ4n) is 3.01. The lowest BCUT2D eigenvalue weighted by Crippen LogP contribution is -2.23. The first-order valence-electron chi connectivity index (χ1n) is 6.78. The quantitative estimate of drug-likeness (QED) is 0.911. The summed E-state index contributed by atoms with van der Waals surface area (Å²) in [6.45, 7) is 0. The summed E-state index contributed by atoms with van der Waals surface area (Å²) in [5.74, 6) is 0.892. The Hall–Kier alpha value is -1.51. The van der Waals surface area contributed by atoms with Crippen molar-refractivity contribution in [2.75, 3.05) is 7.11 Å². The second kappa shape index (κ2) is 5.47. The zero-order valence-corrected chi connectivity index (χ0v) is 12.1. The second-order valence-corrected chi connectivity index (χ2v) is 5.65. The van der Waals surface area contributed by atoms with E-state index in [-0.39, 0.29) is 12.0 Å². The van der Waals surface area contributed by atoms with Crippen molar-refractivity contribution < 1.29 is 9.84 Å². The van der Waals surface area contributed by atoms with Crippen molar-refractivity contribution in [2.45, 2.75) is 24.9 Å². The molecular formula is C17H17ClO2.